The lowest BCUT2D eigenvalue weighted by Crippen LogP contribution is -2.53. The number of piperidine rings is 1. The summed E-state index contributed by atoms with van der Waals surface area (Å²) in [6.45, 7) is 5.08. The normalized spacial score (nSPS) is 22.6. The van der Waals surface area contributed by atoms with E-state index < -0.39 is 18.4 Å². The van der Waals surface area contributed by atoms with Gasteiger partial charge in [0.2, 0.25) is 0 Å². The number of halogens is 4. The monoisotopic (exact) mass is 702 g/mol. The van der Waals surface area contributed by atoms with Crippen molar-refractivity contribution in [3.8, 4) is 16.9 Å². The first kappa shape index (κ1) is 33.0. The summed E-state index contributed by atoms with van der Waals surface area (Å²) in [6.07, 6.45) is -2.04. The highest BCUT2D eigenvalue weighted by Crippen LogP contribution is 2.43. The molecule has 4 heterocycles. The zero-order valence-corrected chi connectivity index (χ0v) is 27.9. The largest absolute Gasteiger partial charge is 0.522 e. The van der Waals surface area contributed by atoms with Crippen LogP contribution < -0.4 is 10.3 Å². The lowest BCUT2D eigenvalue weighted by atomic mass is 9.87. The number of carboxylic acid groups (broad SMARTS) is 1. The van der Waals surface area contributed by atoms with Crippen molar-refractivity contribution in [2.24, 2.45) is 11.8 Å². The van der Waals surface area contributed by atoms with Gasteiger partial charge < -0.3 is 9.84 Å². The number of carboxylic acids is 1. The van der Waals surface area contributed by atoms with Gasteiger partial charge in [0.1, 0.15) is 18.2 Å². The van der Waals surface area contributed by atoms with Gasteiger partial charge in [-0.1, -0.05) is 11.6 Å². The zero-order chi connectivity index (χ0) is 33.9. The third-order valence-corrected chi connectivity index (χ3v) is 11.2. The van der Waals surface area contributed by atoms with Crippen molar-refractivity contribution in [1.82, 2.24) is 19.4 Å². The third kappa shape index (κ3) is 6.33. The van der Waals surface area contributed by atoms with Crippen molar-refractivity contribution in [3.63, 3.8) is 0 Å². The predicted octanol–water partition coefficient (Wildman–Crippen LogP) is 6.67. The Morgan fingerprint density at radius 1 is 1.10 bits per heavy atom. The van der Waals surface area contributed by atoms with E-state index in [9.17, 15) is 27.9 Å². The Kier molecular flexibility index (Phi) is 8.76. The average molecular weight is 703 g/mol. The smallest absolute Gasteiger partial charge is 0.491 e. The number of alkyl halides is 3. The molecule has 1 saturated heterocycles. The summed E-state index contributed by atoms with van der Waals surface area (Å²) < 4.78 is 52.2. The maximum Gasteiger partial charge on any atom is 0.522 e. The van der Waals surface area contributed by atoms with Crippen molar-refractivity contribution in [2.45, 2.75) is 71.0 Å². The number of aryl methyl sites for hydroxylation is 3. The SMILES string of the molecule is Cc1cc(-c2cc(Cl)ccc2OCCn2c(C)nc3c(c2=O)C[C@@H](N2CC4CCC(C2)C4OC(F)(F)F)CC3)c2scc(C(=O)O)c2n1. The molecule has 254 valence electrons. The fraction of sp³-hybridized carbons (Fsp3) is 0.471. The summed E-state index contributed by atoms with van der Waals surface area (Å²) >= 11 is 7.69. The molecule has 2 bridgehead atoms. The maximum absolute atomic E-state index is 13.9. The first-order valence-electron chi connectivity index (χ1n) is 16.0. The van der Waals surface area contributed by atoms with Crippen molar-refractivity contribution in [1.29, 1.82) is 0 Å². The molecule has 1 aromatic carbocycles. The Labute approximate surface area is 283 Å². The molecule has 1 saturated carbocycles. The number of nitrogens with zero attached hydrogens (tertiary/aromatic N) is 4. The van der Waals surface area contributed by atoms with Crippen LogP contribution in [0.3, 0.4) is 0 Å². The Balaban J connectivity index is 1.08. The number of ether oxygens (including phenoxy) is 2. The molecule has 14 heteroatoms. The van der Waals surface area contributed by atoms with Crippen LogP contribution in [-0.4, -0.2) is 68.7 Å². The molecule has 4 aromatic rings. The Morgan fingerprint density at radius 2 is 1.85 bits per heavy atom. The number of benzene rings is 1. The van der Waals surface area contributed by atoms with Crippen LogP contribution in [0.2, 0.25) is 5.02 Å². The third-order valence-electron chi connectivity index (χ3n) is 9.94. The number of fused-ring (bicyclic) bond motifs is 4. The van der Waals surface area contributed by atoms with E-state index in [2.05, 4.69) is 14.6 Å². The van der Waals surface area contributed by atoms with E-state index in [0.717, 1.165) is 30.5 Å². The highest BCUT2D eigenvalue weighted by Gasteiger charge is 2.49. The van der Waals surface area contributed by atoms with Gasteiger partial charge in [0.25, 0.3) is 5.56 Å². The van der Waals surface area contributed by atoms with E-state index in [4.69, 9.17) is 21.3 Å². The molecule has 2 aliphatic carbocycles. The van der Waals surface area contributed by atoms with Crippen LogP contribution in [0, 0.1) is 25.7 Å². The van der Waals surface area contributed by atoms with Crippen molar-refractivity contribution in [2.75, 3.05) is 19.7 Å². The van der Waals surface area contributed by atoms with Gasteiger partial charge in [-0.15, -0.1) is 24.5 Å². The molecule has 0 spiro atoms. The van der Waals surface area contributed by atoms with E-state index in [1.165, 1.54) is 11.3 Å². The molecular formula is C34H34ClF3N4O5S. The fourth-order valence-corrected chi connectivity index (χ4v) is 9.00. The molecule has 3 aromatic heterocycles. The second-order valence-corrected chi connectivity index (χ2v) is 14.3. The van der Waals surface area contributed by atoms with E-state index in [1.807, 2.05) is 6.07 Å². The minimum atomic E-state index is -4.63. The Bertz CT molecular complexity index is 1950. The van der Waals surface area contributed by atoms with Gasteiger partial charge in [-0.3, -0.25) is 24.0 Å². The van der Waals surface area contributed by atoms with E-state index >= 15 is 0 Å². The second kappa shape index (κ2) is 12.7. The average Bonchev–Trinajstić information content (AvgIpc) is 3.53. The molecule has 1 aliphatic heterocycles. The Morgan fingerprint density at radius 3 is 2.56 bits per heavy atom. The van der Waals surface area contributed by atoms with Gasteiger partial charge in [0, 0.05) is 51.9 Å². The summed E-state index contributed by atoms with van der Waals surface area (Å²) in [6, 6.07) is 7.18. The van der Waals surface area contributed by atoms with Crippen LogP contribution >= 0.6 is 22.9 Å². The number of thiophene rings is 1. The molecule has 3 atom stereocenters. The zero-order valence-electron chi connectivity index (χ0n) is 26.3. The molecular weight excluding hydrogens is 669 g/mol. The molecule has 2 fully saturated rings. The van der Waals surface area contributed by atoms with Gasteiger partial charge in [-0.05, 0) is 82.1 Å². The van der Waals surface area contributed by atoms with Crippen LogP contribution in [-0.2, 0) is 24.1 Å². The molecule has 9 nitrogen and oxygen atoms in total. The second-order valence-electron chi connectivity index (χ2n) is 12.9. The number of aromatic nitrogens is 3. The van der Waals surface area contributed by atoms with Gasteiger partial charge in [-0.2, -0.15) is 0 Å². The molecule has 1 N–H and O–H groups in total. The number of aromatic carboxylic acids is 1. The number of hydrogen-bond acceptors (Lipinski definition) is 8. The quantitative estimate of drug-likeness (QED) is 0.217. The summed E-state index contributed by atoms with van der Waals surface area (Å²) in [5.74, 6) is -0.264. The van der Waals surface area contributed by atoms with Gasteiger partial charge in [-0.25, -0.2) is 9.78 Å². The number of rotatable bonds is 8. The number of carbonyl (C=O) groups is 1. The first-order valence-corrected chi connectivity index (χ1v) is 17.2. The molecule has 3 aliphatic rings. The maximum atomic E-state index is 13.9. The molecule has 48 heavy (non-hydrogen) atoms. The molecule has 0 radical (unpaired) electrons. The van der Waals surface area contributed by atoms with E-state index in [0.29, 0.717) is 69.6 Å². The highest BCUT2D eigenvalue weighted by molar-refractivity contribution is 7.18. The van der Waals surface area contributed by atoms with Crippen molar-refractivity contribution >= 4 is 39.1 Å². The van der Waals surface area contributed by atoms with Crippen molar-refractivity contribution < 1.29 is 32.5 Å². The van der Waals surface area contributed by atoms with Crippen LogP contribution in [0.4, 0.5) is 13.2 Å². The topological polar surface area (TPSA) is 107 Å². The van der Waals surface area contributed by atoms with Gasteiger partial charge >= 0.3 is 12.3 Å². The summed E-state index contributed by atoms with van der Waals surface area (Å²) in [7, 11) is 0. The van der Waals surface area contributed by atoms with Crippen LogP contribution in [0.25, 0.3) is 21.3 Å². The summed E-state index contributed by atoms with van der Waals surface area (Å²) in [4.78, 5) is 37.2. The molecule has 7 rings (SSSR count). The van der Waals surface area contributed by atoms with E-state index in [-0.39, 0.29) is 42.2 Å². The van der Waals surface area contributed by atoms with E-state index in [1.54, 1.807) is 42.0 Å². The predicted molar refractivity (Wildman–Crippen MR) is 175 cm³/mol. The first-order chi connectivity index (χ1) is 22.9. The standard InChI is InChI=1S/C34H34ClF3N4O5S/c1-17-11-24(31-29(39-17)26(16-48-31)33(44)45)23-12-21(35)5-8-28(23)46-10-9-42-18(2)40-27-7-6-22(13-25(27)32(42)43)41-14-19-3-4-20(15-41)30(19)47-34(36,37)38/h5,8,11-12,16,19-20,22,30H,3-4,6-7,9-10,13-15H2,1-2H3,(H,44,45)/t19?,20?,22-,30?/m0/s1. The number of hydrogen-bond donors (Lipinski definition) is 1. The number of pyridine rings is 1. The Hall–Kier alpha value is -3.52. The lowest BCUT2D eigenvalue weighted by Gasteiger charge is -2.43. The highest BCUT2D eigenvalue weighted by atomic mass is 35.5. The molecule has 0 amide bonds. The summed E-state index contributed by atoms with van der Waals surface area (Å²) in [5.41, 5.74) is 3.96. The van der Waals surface area contributed by atoms with Crippen LogP contribution in [0.5, 0.6) is 5.75 Å². The minimum absolute atomic E-state index is 0.0607. The fourth-order valence-electron chi connectivity index (χ4n) is 7.81. The van der Waals surface area contributed by atoms with Crippen molar-refractivity contribution in [3.05, 3.63) is 73.4 Å². The van der Waals surface area contributed by atoms with Crippen LogP contribution in [0.15, 0.2) is 34.4 Å². The van der Waals surface area contributed by atoms with Crippen LogP contribution in [0.1, 0.15) is 52.4 Å². The number of likely N-dealkylation sites (tertiary alicyclic amines) is 1. The van der Waals surface area contributed by atoms with Gasteiger partial charge in [0.05, 0.1) is 34.1 Å². The van der Waals surface area contributed by atoms with Gasteiger partial charge in [0.15, 0.2) is 0 Å². The summed E-state index contributed by atoms with van der Waals surface area (Å²) in [5, 5.41) is 11.7. The lowest BCUT2D eigenvalue weighted by molar-refractivity contribution is -0.354. The minimum Gasteiger partial charge on any atom is -0.491 e. The molecule has 2 unspecified atom stereocenters.